The van der Waals surface area contributed by atoms with Crippen LogP contribution < -0.4 is 4.74 Å². The summed E-state index contributed by atoms with van der Waals surface area (Å²) in [4.78, 5) is 15.0. The zero-order valence-electron chi connectivity index (χ0n) is 20.1. The van der Waals surface area contributed by atoms with Crippen LogP contribution in [0.3, 0.4) is 0 Å². The topological polar surface area (TPSA) is 93.0 Å². The van der Waals surface area contributed by atoms with Gasteiger partial charge in [-0.05, 0) is 56.7 Å². The third kappa shape index (κ3) is 5.05. The van der Waals surface area contributed by atoms with Crippen molar-refractivity contribution in [2.24, 2.45) is 11.8 Å². The summed E-state index contributed by atoms with van der Waals surface area (Å²) in [6.07, 6.45) is 6.50. The largest absolute Gasteiger partial charge is 0.496 e. The molecule has 2 aliphatic heterocycles. The van der Waals surface area contributed by atoms with Gasteiger partial charge in [0, 0.05) is 37.7 Å². The van der Waals surface area contributed by atoms with E-state index in [0.29, 0.717) is 43.3 Å². The second-order valence-electron chi connectivity index (χ2n) is 9.22. The third-order valence-electron chi connectivity index (χ3n) is 6.88. The minimum absolute atomic E-state index is 0.0773. The molecule has 2 aliphatic rings. The normalized spacial score (nSPS) is 19.1. The van der Waals surface area contributed by atoms with Gasteiger partial charge in [-0.15, -0.1) is 0 Å². The standard InChI is InChI=1S/C25H33N3O5S/c1-18-10-14-27(15-11-18)25(29)21-12-16-28(17-13-21)34(30,31)24-19(2)26-33-23(24)9-8-20-6-4-5-7-22(20)32-3/h4-9,18,21H,10-17H2,1-3H3/b9-8+. The van der Waals surface area contributed by atoms with Crippen LogP contribution in [0.4, 0.5) is 0 Å². The molecule has 9 heteroatoms. The van der Waals surface area contributed by atoms with Gasteiger partial charge in [-0.3, -0.25) is 4.79 Å². The minimum Gasteiger partial charge on any atom is -0.496 e. The van der Waals surface area contributed by atoms with E-state index < -0.39 is 10.0 Å². The Morgan fingerprint density at radius 1 is 1.09 bits per heavy atom. The Morgan fingerprint density at radius 2 is 1.76 bits per heavy atom. The van der Waals surface area contributed by atoms with Crippen LogP contribution >= 0.6 is 0 Å². The molecule has 3 heterocycles. The van der Waals surface area contributed by atoms with Crippen molar-refractivity contribution in [2.45, 2.75) is 44.4 Å². The molecule has 0 unspecified atom stereocenters. The highest BCUT2D eigenvalue weighted by molar-refractivity contribution is 7.89. The van der Waals surface area contributed by atoms with E-state index in [0.717, 1.165) is 31.5 Å². The summed E-state index contributed by atoms with van der Waals surface area (Å²) < 4.78 is 39.2. The van der Waals surface area contributed by atoms with Crippen molar-refractivity contribution < 1.29 is 22.5 Å². The van der Waals surface area contributed by atoms with Crippen LogP contribution in [0.15, 0.2) is 33.7 Å². The number of para-hydroxylation sites is 1. The molecule has 184 valence electrons. The number of benzene rings is 1. The van der Waals surface area contributed by atoms with Crippen LogP contribution in [0.5, 0.6) is 5.75 Å². The van der Waals surface area contributed by atoms with Crippen LogP contribution in [0, 0.1) is 18.8 Å². The number of carbonyl (C=O) groups is 1. The highest BCUT2D eigenvalue weighted by Gasteiger charge is 2.37. The van der Waals surface area contributed by atoms with Gasteiger partial charge in [0.25, 0.3) is 0 Å². The molecule has 34 heavy (non-hydrogen) atoms. The summed E-state index contributed by atoms with van der Waals surface area (Å²) in [5.74, 6) is 1.58. The molecule has 8 nitrogen and oxygen atoms in total. The SMILES string of the molecule is COc1ccccc1/C=C/c1onc(C)c1S(=O)(=O)N1CCC(C(=O)N2CCC(C)CC2)CC1. The van der Waals surface area contributed by atoms with Gasteiger partial charge in [-0.1, -0.05) is 30.3 Å². The molecule has 1 aromatic heterocycles. The van der Waals surface area contributed by atoms with E-state index in [2.05, 4.69) is 12.1 Å². The molecular formula is C25H33N3O5S. The first kappa shape index (κ1) is 24.5. The molecule has 1 aromatic carbocycles. The van der Waals surface area contributed by atoms with Crippen molar-refractivity contribution in [2.75, 3.05) is 33.3 Å². The molecule has 2 fully saturated rings. The molecule has 0 bridgehead atoms. The number of piperidine rings is 2. The van der Waals surface area contributed by atoms with E-state index in [9.17, 15) is 13.2 Å². The maximum absolute atomic E-state index is 13.5. The van der Waals surface area contributed by atoms with E-state index >= 15 is 0 Å². The van der Waals surface area contributed by atoms with Gasteiger partial charge in [-0.2, -0.15) is 4.31 Å². The zero-order valence-corrected chi connectivity index (χ0v) is 20.9. The highest BCUT2D eigenvalue weighted by Crippen LogP contribution is 2.31. The van der Waals surface area contributed by atoms with Gasteiger partial charge < -0.3 is 14.2 Å². The van der Waals surface area contributed by atoms with Crippen LogP contribution in [-0.4, -0.2) is 62.0 Å². The van der Waals surface area contributed by atoms with Crippen LogP contribution in [0.25, 0.3) is 12.2 Å². The van der Waals surface area contributed by atoms with Crippen molar-refractivity contribution in [1.82, 2.24) is 14.4 Å². The van der Waals surface area contributed by atoms with Crippen molar-refractivity contribution in [3.05, 3.63) is 41.3 Å². The Kier molecular flexibility index (Phi) is 7.42. The van der Waals surface area contributed by atoms with Crippen molar-refractivity contribution in [1.29, 1.82) is 0 Å². The first-order valence-corrected chi connectivity index (χ1v) is 13.3. The number of nitrogens with zero attached hydrogens (tertiary/aromatic N) is 3. The monoisotopic (exact) mass is 487 g/mol. The Bertz CT molecular complexity index is 1140. The van der Waals surface area contributed by atoms with E-state index in [1.807, 2.05) is 29.2 Å². The number of aryl methyl sites for hydroxylation is 1. The molecule has 0 spiro atoms. The highest BCUT2D eigenvalue weighted by atomic mass is 32.2. The minimum atomic E-state index is -3.81. The van der Waals surface area contributed by atoms with E-state index in [-0.39, 0.29) is 22.5 Å². The zero-order chi connectivity index (χ0) is 24.3. The molecule has 0 atom stereocenters. The fraction of sp³-hybridized carbons (Fsp3) is 0.520. The lowest BCUT2D eigenvalue weighted by Crippen LogP contribution is -2.46. The number of carbonyl (C=O) groups excluding carboxylic acids is 1. The van der Waals surface area contributed by atoms with E-state index in [1.165, 1.54) is 4.31 Å². The molecule has 0 aliphatic carbocycles. The predicted octanol–water partition coefficient (Wildman–Crippen LogP) is 3.82. The molecule has 0 saturated carbocycles. The van der Waals surface area contributed by atoms with Gasteiger partial charge in [0.1, 0.15) is 11.4 Å². The molecule has 1 amide bonds. The molecule has 0 radical (unpaired) electrons. The number of hydrogen-bond donors (Lipinski definition) is 0. The van der Waals surface area contributed by atoms with Gasteiger partial charge in [0.05, 0.1) is 7.11 Å². The summed E-state index contributed by atoms with van der Waals surface area (Å²) in [5.41, 5.74) is 1.12. The first-order chi connectivity index (χ1) is 16.3. The molecule has 0 N–H and O–H groups in total. The second kappa shape index (κ2) is 10.3. The fourth-order valence-electron chi connectivity index (χ4n) is 4.73. The summed E-state index contributed by atoms with van der Waals surface area (Å²) in [6, 6.07) is 7.45. The molecule has 2 saturated heterocycles. The summed E-state index contributed by atoms with van der Waals surface area (Å²) in [6.45, 7) is 6.08. The van der Waals surface area contributed by atoms with Gasteiger partial charge in [0.15, 0.2) is 10.7 Å². The molecular weight excluding hydrogens is 454 g/mol. The summed E-state index contributed by atoms with van der Waals surface area (Å²) >= 11 is 0. The Hall–Kier alpha value is -2.65. The smallest absolute Gasteiger partial charge is 0.248 e. The van der Waals surface area contributed by atoms with Gasteiger partial charge in [0.2, 0.25) is 15.9 Å². The molecule has 4 rings (SSSR count). The number of aromatic nitrogens is 1. The average molecular weight is 488 g/mol. The Morgan fingerprint density at radius 3 is 2.44 bits per heavy atom. The molecule has 2 aromatic rings. The quantitative estimate of drug-likeness (QED) is 0.615. The average Bonchev–Trinajstić information content (AvgIpc) is 3.24. The number of ether oxygens (including phenoxy) is 1. The third-order valence-corrected chi connectivity index (χ3v) is 8.94. The predicted molar refractivity (Wildman–Crippen MR) is 130 cm³/mol. The number of hydrogen-bond acceptors (Lipinski definition) is 6. The number of likely N-dealkylation sites (tertiary alicyclic amines) is 1. The van der Waals surface area contributed by atoms with Crippen LogP contribution in [0.2, 0.25) is 0 Å². The maximum atomic E-state index is 13.5. The van der Waals surface area contributed by atoms with Crippen LogP contribution in [-0.2, 0) is 14.8 Å². The first-order valence-electron chi connectivity index (χ1n) is 11.9. The van der Waals surface area contributed by atoms with E-state index in [4.69, 9.17) is 9.26 Å². The Labute approximate surface area is 201 Å². The fourth-order valence-corrected chi connectivity index (χ4v) is 6.45. The van der Waals surface area contributed by atoms with Crippen molar-refractivity contribution >= 4 is 28.1 Å². The van der Waals surface area contributed by atoms with E-state index in [1.54, 1.807) is 26.2 Å². The van der Waals surface area contributed by atoms with Gasteiger partial charge in [-0.25, -0.2) is 8.42 Å². The summed E-state index contributed by atoms with van der Waals surface area (Å²) in [7, 11) is -2.23. The second-order valence-corrected chi connectivity index (χ2v) is 11.1. The lowest BCUT2D eigenvalue weighted by atomic mass is 9.93. The number of sulfonamides is 1. The lowest BCUT2D eigenvalue weighted by Gasteiger charge is -2.36. The van der Waals surface area contributed by atoms with Crippen LogP contribution in [0.1, 0.15) is 49.6 Å². The van der Waals surface area contributed by atoms with Crippen molar-refractivity contribution in [3.8, 4) is 5.75 Å². The lowest BCUT2D eigenvalue weighted by molar-refractivity contribution is -0.138. The van der Waals surface area contributed by atoms with Gasteiger partial charge >= 0.3 is 0 Å². The maximum Gasteiger partial charge on any atom is 0.248 e. The number of rotatable bonds is 6. The number of amides is 1. The number of methoxy groups -OCH3 is 1. The van der Waals surface area contributed by atoms with Crippen molar-refractivity contribution in [3.63, 3.8) is 0 Å². The Balaban J connectivity index is 1.47. The summed E-state index contributed by atoms with van der Waals surface area (Å²) in [5, 5.41) is 3.92.